The first-order valence-corrected chi connectivity index (χ1v) is 18.7. The summed E-state index contributed by atoms with van der Waals surface area (Å²) < 4.78 is 5.42. The summed E-state index contributed by atoms with van der Waals surface area (Å²) in [6.45, 7) is 0. The van der Waals surface area contributed by atoms with Crippen LogP contribution in [0.4, 0.5) is 0 Å². The van der Waals surface area contributed by atoms with Crippen LogP contribution in [0.15, 0.2) is 170 Å². The number of rotatable bonds is 3. The third kappa shape index (κ3) is 4.10. The van der Waals surface area contributed by atoms with Crippen molar-refractivity contribution in [3.8, 4) is 33.4 Å². The monoisotopic (exact) mass is 668 g/mol. The molecule has 9 aromatic carbocycles. The van der Waals surface area contributed by atoms with Gasteiger partial charge in [-0.2, -0.15) is 0 Å². The molecule has 0 spiro atoms. The summed E-state index contributed by atoms with van der Waals surface area (Å²) in [5, 5.41) is 13.1. The average molecular weight is 669 g/mol. The zero-order valence-corrected chi connectivity index (χ0v) is 28.6. The van der Waals surface area contributed by atoms with Gasteiger partial charge in [0.25, 0.3) is 0 Å². The van der Waals surface area contributed by atoms with Crippen molar-refractivity contribution in [3.05, 3.63) is 170 Å². The van der Waals surface area contributed by atoms with Crippen molar-refractivity contribution in [1.29, 1.82) is 0 Å². The van der Waals surface area contributed by atoms with Crippen molar-refractivity contribution in [2.45, 2.75) is 0 Å². The number of hydrogen-bond acceptors (Lipinski definition) is 2. The molecule has 232 valence electrons. The Kier molecular flexibility index (Phi) is 6.09. The van der Waals surface area contributed by atoms with Crippen LogP contribution < -0.4 is 0 Å². The Hall–Kier alpha value is -5.80. The summed E-state index contributed by atoms with van der Waals surface area (Å²) in [6.07, 6.45) is 0. The second-order valence-corrected chi connectivity index (χ2v) is 15.3. The lowest BCUT2D eigenvalue weighted by Gasteiger charge is -2.18. The summed E-state index contributed by atoms with van der Waals surface area (Å²) in [5.74, 6) is 0. The molecule has 0 aliphatic heterocycles. The van der Waals surface area contributed by atoms with Gasteiger partial charge in [-0.25, -0.2) is 0 Å². The van der Waals surface area contributed by atoms with E-state index in [1.807, 2.05) is 22.7 Å². The molecule has 50 heavy (non-hydrogen) atoms. The molecule has 2 aromatic heterocycles. The fourth-order valence-corrected chi connectivity index (χ4v) is 10.8. The highest BCUT2D eigenvalue weighted by molar-refractivity contribution is 7.30. The Balaban J connectivity index is 1.20. The maximum Gasteiger partial charge on any atom is 0.0454 e. The number of fused-ring (bicyclic) bond motifs is 10. The van der Waals surface area contributed by atoms with Gasteiger partial charge >= 0.3 is 0 Å². The van der Waals surface area contributed by atoms with Crippen molar-refractivity contribution < 1.29 is 0 Å². The molecular formula is C48H28S2. The Bertz CT molecular complexity index is 3100. The van der Waals surface area contributed by atoms with Gasteiger partial charge < -0.3 is 0 Å². The van der Waals surface area contributed by atoms with Gasteiger partial charge in [0.15, 0.2) is 0 Å². The first-order chi connectivity index (χ1) is 24.8. The van der Waals surface area contributed by atoms with E-state index in [4.69, 9.17) is 0 Å². The van der Waals surface area contributed by atoms with E-state index in [0.29, 0.717) is 0 Å². The zero-order valence-electron chi connectivity index (χ0n) is 27.0. The molecule has 2 heteroatoms. The van der Waals surface area contributed by atoms with Crippen LogP contribution in [0, 0.1) is 0 Å². The lowest BCUT2D eigenvalue weighted by molar-refractivity contribution is 1.65. The maximum atomic E-state index is 2.46. The van der Waals surface area contributed by atoms with E-state index < -0.39 is 0 Å². The van der Waals surface area contributed by atoms with Crippen LogP contribution in [0.25, 0.3) is 106 Å². The van der Waals surface area contributed by atoms with E-state index >= 15 is 0 Å². The molecule has 0 aliphatic carbocycles. The minimum atomic E-state index is 1.24. The lowest BCUT2D eigenvalue weighted by Crippen LogP contribution is -1.91. The van der Waals surface area contributed by atoms with Gasteiger partial charge in [-0.3, -0.25) is 0 Å². The Morgan fingerprint density at radius 3 is 1.50 bits per heavy atom. The number of hydrogen-bond donors (Lipinski definition) is 0. The summed E-state index contributed by atoms with van der Waals surface area (Å²) in [6, 6.07) is 63.0. The topological polar surface area (TPSA) is 0 Å². The average Bonchev–Trinajstić information content (AvgIpc) is 3.75. The smallest absolute Gasteiger partial charge is 0.0454 e. The predicted octanol–water partition coefficient (Wildman–Crippen LogP) is 14.9. The van der Waals surface area contributed by atoms with Gasteiger partial charge in [-0.1, -0.05) is 140 Å². The fourth-order valence-electron chi connectivity index (χ4n) is 8.26. The van der Waals surface area contributed by atoms with Crippen molar-refractivity contribution in [1.82, 2.24) is 0 Å². The van der Waals surface area contributed by atoms with Crippen molar-refractivity contribution >= 4 is 95.3 Å². The maximum absolute atomic E-state index is 2.46. The van der Waals surface area contributed by atoms with E-state index in [9.17, 15) is 0 Å². The molecule has 11 aromatic rings. The highest BCUT2D eigenvalue weighted by Gasteiger charge is 2.20. The summed E-state index contributed by atoms with van der Waals surface area (Å²) in [4.78, 5) is 0. The summed E-state index contributed by atoms with van der Waals surface area (Å²) >= 11 is 3.84. The molecule has 0 aliphatic rings. The van der Waals surface area contributed by atoms with E-state index in [1.165, 1.54) is 106 Å². The Morgan fingerprint density at radius 2 is 0.820 bits per heavy atom. The molecule has 0 atom stereocenters. The van der Waals surface area contributed by atoms with Crippen LogP contribution in [0.2, 0.25) is 0 Å². The summed E-state index contributed by atoms with van der Waals surface area (Å²) in [5.41, 5.74) is 7.63. The normalized spacial score (nSPS) is 12.0. The largest absolute Gasteiger partial charge is 0.135 e. The Labute approximate surface area is 297 Å². The second kappa shape index (κ2) is 10.9. The molecule has 0 amide bonds. The van der Waals surface area contributed by atoms with Crippen LogP contribution in [0.5, 0.6) is 0 Å². The molecule has 0 fully saturated rings. The summed E-state index contributed by atoms with van der Waals surface area (Å²) in [7, 11) is 0. The van der Waals surface area contributed by atoms with Crippen molar-refractivity contribution in [3.63, 3.8) is 0 Å². The van der Waals surface area contributed by atoms with E-state index in [2.05, 4.69) is 170 Å². The molecule has 0 saturated heterocycles. The third-order valence-corrected chi connectivity index (χ3v) is 12.7. The molecule has 0 radical (unpaired) electrons. The third-order valence-electron chi connectivity index (χ3n) is 10.4. The van der Waals surface area contributed by atoms with E-state index in [0.717, 1.165) is 0 Å². The standard InChI is InChI=1S/C48H28S2/c1-2-13-30-26-33(25-24-29(30)12-1)45-36-18-5-3-16-34(36)44(35-17-4-6-19-37(35)45)32-15-11-14-31(27-32)40-28-43-47(39-21-8-9-22-41(39)49-43)48-46(40)38-20-7-10-23-42(38)50-48/h1-28H. The second-order valence-electron chi connectivity index (χ2n) is 13.2. The van der Waals surface area contributed by atoms with Crippen LogP contribution in [-0.4, -0.2) is 0 Å². The predicted molar refractivity (Wildman–Crippen MR) is 221 cm³/mol. The molecule has 11 rings (SSSR count). The van der Waals surface area contributed by atoms with Gasteiger partial charge in [-0.05, 0) is 96.0 Å². The number of benzene rings is 9. The molecule has 0 N–H and O–H groups in total. The molecule has 2 heterocycles. The van der Waals surface area contributed by atoms with E-state index in [1.54, 1.807) is 0 Å². The minimum absolute atomic E-state index is 1.24. The quantitative estimate of drug-likeness (QED) is 0.164. The lowest BCUT2D eigenvalue weighted by atomic mass is 9.85. The molecule has 0 bridgehead atoms. The molecule has 0 unspecified atom stereocenters. The highest BCUT2D eigenvalue weighted by atomic mass is 32.1. The molecule has 0 saturated carbocycles. The van der Waals surface area contributed by atoms with Crippen LogP contribution in [-0.2, 0) is 0 Å². The van der Waals surface area contributed by atoms with Gasteiger partial charge in [0, 0.05) is 40.3 Å². The SMILES string of the molecule is c1cc(-c2c3ccccc3c(-c3ccc4ccccc4c3)c3ccccc23)cc(-c2cc3sc4ccccc4c3c3sc4ccccc4c23)c1. The first-order valence-electron chi connectivity index (χ1n) is 17.1. The zero-order chi connectivity index (χ0) is 32.8. The van der Waals surface area contributed by atoms with Gasteiger partial charge in [0.1, 0.15) is 0 Å². The van der Waals surface area contributed by atoms with Gasteiger partial charge in [-0.15, -0.1) is 22.7 Å². The van der Waals surface area contributed by atoms with Gasteiger partial charge in [0.2, 0.25) is 0 Å². The number of thiophene rings is 2. The van der Waals surface area contributed by atoms with Crippen LogP contribution >= 0.6 is 22.7 Å². The molecular weight excluding hydrogens is 641 g/mol. The van der Waals surface area contributed by atoms with Crippen molar-refractivity contribution in [2.24, 2.45) is 0 Å². The van der Waals surface area contributed by atoms with Crippen molar-refractivity contribution in [2.75, 3.05) is 0 Å². The Morgan fingerprint density at radius 1 is 0.300 bits per heavy atom. The van der Waals surface area contributed by atoms with E-state index in [-0.39, 0.29) is 0 Å². The fraction of sp³-hybridized carbons (Fsp3) is 0. The first kappa shape index (κ1) is 28.1. The van der Waals surface area contributed by atoms with Gasteiger partial charge in [0.05, 0.1) is 0 Å². The van der Waals surface area contributed by atoms with Crippen LogP contribution in [0.3, 0.4) is 0 Å². The molecule has 0 nitrogen and oxygen atoms in total. The van der Waals surface area contributed by atoms with Crippen LogP contribution in [0.1, 0.15) is 0 Å². The highest BCUT2D eigenvalue weighted by Crippen LogP contribution is 2.50. The minimum Gasteiger partial charge on any atom is -0.135 e.